The first-order chi connectivity index (χ1) is 37.4. The number of nitrogens with two attached hydrogens (primary N) is 2. The number of aliphatic hydroxyl groups is 8. The van der Waals surface area contributed by atoms with Gasteiger partial charge in [0, 0.05) is 62.1 Å². The first-order valence-electron chi connectivity index (χ1n) is 26.9. The molecule has 0 amide bonds. The van der Waals surface area contributed by atoms with Crippen LogP contribution in [0.3, 0.4) is 0 Å². The van der Waals surface area contributed by atoms with E-state index < -0.39 is 153 Å². The van der Waals surface area contributed by atoms with Crippen LogP contribution < -0.4 is 11.5 Å². The molecule has 0 aliphatic carbocycles. The Labute approximate surface area is 462 Å². The van der Waals surface area contributed by atoms with Crippen LogP contribution >= 0.6 is 0 Å². The molecule has 0 radical (unpaired) electrons. The second kappa shape index (κ2) is 35.2. The number of aliphatic hydroxyl groups excluding tert-OH is 8. The molecule has 1 saturated heterocycles. The van der Waals surface area contributed by atoms with E-state index in [2.05, 4.69) is 0 Å². The molecule has 438 valence electrons. The number of carbonyl (C=O) groups excluding carboxylic acids is 5. The maximum Gasteiger partial charge on any atom is 0.313 e. The van der Waals surface area contributed by atoms with Gasteiger partial charge in [-0.05, 0) is 68.7 Å². The molecule has 17 atom stereocenters. The minimum absolute atomic E-state index is 0.0619. The molecule has 2 heterocycles. The second-order valence-electron chi connectivity index (χ2n) is 20.9. The average Bonchev–Trinajstić information content (AvgIpc) is 3.36. The molecular formula is C59H84N2O18. The van der Waals surface area contributed by atoms with E-state index in [0.29, 0.717) is 17.7 Å². The number of nitrogen functional groups attached to an aromatic ring is 1. The number of Topliss-reactive ketones (excluding diaryl/α,β-unsaturated/α-hetero) is 4. The highest BCUT2D eigenvalue weighted by Crippen LogP contribution is 2.29. The van der Waals surface area contributed by atoms with Gasteiger partial charge in [-0.25, -0.2) is 0 Å². The number of allylic oxidation sites excluding steroid dienone is 12. The number of hydrogen-bond donors (Lipinski definition) is 11. The standard InChI is InChI=1S/C59H84N2O18/c1-35-18-15-13-11-9-7-5-6-8-10-12-14-16-21-47(78-59-54(61)56(74)55(73)38(4)77-59)33-51(71)53(58(75)76)50(70)31-46(67)30-45(66)29-44(65)28-43(64)27-41(62)19-17-20-42(63)32-52(72)79-57(35)37(3)26-36(2)48(68)34-49(69)39-22-24-40(60)25-23-39/h5-16,18,21-25,35-38,43-45,47-48,50-51,53-57,59,64-66,68,70-71,73-74H,17,19-20,26-34,60-61H2,1-4H3,(H,75,76)/b6-5+,9-7+,10-8+,13-11+,14-12+,18-15+,21-16+/t35?,36?,37?,38-,43?,44?,45?,47?,48?,50?,51?,53?,54+,55+,56+,57?,59+/m1/s1. The number of carboxylic acids is 1. The van der Waals surface area contributed by atoms with Gasteiger partial charge in [0.25, 0.3) is 0 Å². The van der Waals surface area contributed by atoms with Crippen LogP contribution in [0.4, 0.5) is 5.69 Å². The van der Waals surface area contributed by atoms with Gasteiger partial charge in [0.05, 0.1) is 54.9 Å². The SMILES string of the molecule is CC1/C=C/C=C/C=C/C=C/C=C/C=C/C=C/C(O[C@@H]2O[C@H](C)[C@H](O)[C@@H](O)[C@@H]2N)CC(O)C(C(=O)O)C(O)CC(=O)CC(O)CC(O)CC(O)CC(=O)CCCC(=O)CC(=O)OC1C(C)CC(C)C(O)CC(=O)c1ccc(N)cc1. The molecule has 20 heteroatoms. The summed E-state index contributed by atoms with van der Waals surface area (Å²) in [6.45, 7) is 7.00. The lowest BCUT2D eigenvalue weighted by Gasteiger charge is -2.41. The highest BCUT2D eigenvalue weighted by Gasteiger charge is 2.43. The van der Waals surface area contributed by atoms with E-state index >= 15 is 0 Å². The Balaban J connectivity index is 1.83. The number of ketones is 4. The molecule has 20 nitrogen and oxygen atoms in total. The molecule has 1 fully saturated rings. The first kappa shape index (κ1) is 67.7. The lowest BCUT2D eigenvalue weighted by molar-refractivity contribution is -0.265. The van der Waals surface area contributed by atoms with Gasteiger partial charge in [0.1, 0.15) is 48.0 Å². The quantitative estimate of drug-likeness (QED) is 0.0690. The molecule has 12 unspecified atom stereocenters. The zero-order chi connectivity index (χ0) is 58.8. The van der Waals surface area contributed by atoms with Gasteiger partial charge in [-0.3, -0.25) is 28.8 Å². The van der Waals surface area contributed by atoms with Gasteiger partial charge in [0.2, 0.25) is 0 Å². The third-order valence-electron chi connectivity index (χ3n) is 13.8. The Bertz CT molecular complexity index is 2310. The Hall–Kier alpha value is -5.62. The van der Waals surface area contributed by atoms with Crippen molar-refractivity contribution in [1.29, 1.82) is 0 Å². The third-order valence-corrected chi connectivity index (χ3v) is 13.8. The van der Waals surface area contributed by atoms with E-state index in [1.165, 1.54) is 19.1 Å². The van der Waals surface area contributed by atoms with Crippen LogP contribution in [0.25, 0.3) is 0 Å². The molecule has 13 N–H and O–H groups in total. The summed E-state index contributed by atoms with van der Waals surface area (Å²) in [6, 6.07) is 5.16. The van der Waals surface area contributed by atoms with Crippen LogP contribution in [-0.4, -0.2) is 161 Å². The summed E-state index contributed by atoms with van der Waals surface area (Å²) in [6.07, 6.45) is 4.37. The van der Waals surface area contributed by atoms with E-state index in [9.17, 15) is 74.7 Å². The maximum absolute atomic E-state index is 13.3. The maximum atomic E-state index is 13.3. The van der Waals surface area contributed by atoms with Crippen LogP contribution in [0, 0.1) is 23.7 Å². The van der Waals surface area contributed by atoms with E-state index in [-0.39, 0.29) is 55.6 Å². The van der Waals surface area contributed by atoms with Crippen molar-refractivity contribution in [3.63, 3.8) is 0 Å². The third kappa shape index (κ3) is 25.2. The average molecular weight is 1110 g/mol. The molecule has 0 spiro atoms. The Morgan fingerprint density at radius 1 is 0.684 bits per heavy atom. The zero-order valence-electron chi connectivity index (χ0n) is 45.5. The number of carboxylic acid groups (broad SMARTS) is 1. The molecule has 2 aliphatic heterocycles. The van der Waals surface area contributed by atoms with E-state index in [1.54, 1.807) is 98.0 Å². The Morgan fingerprint density at radius 3 is 1.78 bits per heavy atom. The number of esters is 1. The van der Waals surface area contributed by atoms with Crippen LogP contribution in [0.15, 0.2) is 109 Å². The van der Waals surface area contributed by atoms with Gasteiger partial charge < -0.3 is 71.6 Å². The van der Waals surface area contributed by atoms with Crippen LogP contribution in [-0.2, 0) is 38.2 Å². The largest absolute Gasteiger partial charge is 0.481 e. The van der Waals surface area contributed by atoms with Crippen LogP contribution in [0.2, 0.25) is 0 Å². The number of benzene rings is 1. The van der Waals surface area contributed by atoms with Crippen molar-refractivity contribution in [2.45, 2.75) is 184 Å². The van der Waals surface area contributed by atoms with Crippen LogP contribution in [0.5, 0.6) is 0 Å². The van der Waals surface area contributed by atoms with Gasteiger partial charge in [-0.2, -0.15) is 0 Å². The molecule has 79 heavy (non-hydrogen) atoms. The van der Waals surface area contributed by atoms with Crippen molar-refractivity contribution >= 4 is 40.8 Å². The summed E-state index contributed by atoms with van der Waals surface area (Å²) in [4.78, 5) is 77.3. The van der Waals surface area contributed by atoms with E-state index in [4.69, 9.17) is 25.7 Å². The van der Waals surface area contributed by atoms with Crippen molar-refractivity contribution in [3.8, 4) is 0 Å². The smallest absolute Gasteiger partial charge is 0.313 e. The monoisotopic (exact) mass is 1110 g/mol. The van der Waals surface area contributed by atoms with Gasteiger partial charge in [0.15, 0.2) is 12.1 Å². The fourth-order valence-electron chi connectivity index (χ4n) is 9.36. The van der Waals surface area contributed by atoms with Gasteiger partial charge in [-0.1, -0.05) is 106 Å². The molecular weight excluding hydrogens is 1020 g/mol. The van der Waals surface area contributed by atoms with Crippen molar-refractivity contribution in [3.05, 3.63) is 115 Å². The number of rotatable bonds is 10. The van der Waals surface area contributed by atoms with Crippen LogP contribution in [0.1, 0.15) is 115 Å². The summed E-state index contributed by atoms with van der Waals surface area (Å²) in [5, 5.41) is 95.8. The second-order valence-corrected chi connectivity index (χ2v) is 20.9. The Kier molecular flexibility index (Phi) is 30.1. The summed E-state index contributed by atoms with van der Waals surface area (Å²) < 4.78 is 17.6. The summed E-state index contributed by atoms with van der Waals surface area (Å²) >= 11 is 0. The predicted octanol–water partition coefficient (Wildman–Crippen LogP) is 3.61. The zero-order valence-corrected chi connectivity index (χ0v) is 45.5. The first-order valence-corrected chi connectivity index (χ1v) is 26.9. The topological polar surface area (TPSA) is 364 Å². The molecule has 2 aliphatic rings. The number of aliphatic carboxylic acids is 1. The summed E-state index contributed by atoms with van der Waals surface area (Å²) in [7, 11) is 0. The van der Waals surface area contributed by atoms with Crippen molar-refractivity contribution in [1.82, 2.24) is 0 Å². The number of hydrogen-bond acceptors (Lipinski definition) is 19. The van der Waals surface area contributed by atoms with E-state index in [1.807, 2.05) is 19.9 Å². The summed E-state index contributed by atoms with van der Waals surface area (Å²) in [5.41, 5.74) is 12.8. The number of carbonyl (C=O) groups is 6. The molecule has 0 bridgehead atoms. The molecule has 1 aromatic carbocycles. The molecule has 0 aromatic heterocycles. The Morgan fingerprint density at radius 2 is 1.22 bits per heavy atom. The van der Waals surface area contributed by atoms with Crippen molar-refractivity contribution < 1.29 is 88.9 Å². The highest BCUT2D eigenvalue weighted by atomic mass is 16.7. The molecule has 3 rings (SSSR count). The predicted molar refractivity (Wildman–Crippen MR) is 293 cm³/mol. The van der Waals surface area contributed by atoms with Gasteiger partial charge in [-0.15, -0.1) is 0 Å². The fourth-order valence-corrected chi connectivity index (χ4v) is 9.36. The van der Waals surface area contributed by atoms with Gasteiger partial charge >= 0.3 is 11.9 Å². The van der Waals surface area contributed by atoms with E-state index in [0.717, 1.165) is 0 Å². The molecule has 1 aromatic rings. The number of cyclic esters (lactones) is 1. The van der Waals surface area contributed by atoms with Crippen molar-refractivity contribution in [2.24, 2.45) is 29.4 Å². The minimum atomic E-state index is -1.95. The summed E-state index contributed by atoms with van der Waals surface area (Å²) in [5.74, 6) is -7.42. The molecule has 0 saturated carbocycles. The number of anilines is 1. The highest BCUT2D eigenvalue weighted by molar-refractivity contribution is 5.97. The minimum Gasteiger partial charge on any atom is -0.481 e. The number of ether oxygens (including phenoxy) is 3. The lowest BCUT2D eigenvalue weighted by atomic mass is 9.83. The fraction of sp³-hybridized carbons (Fsp3) is 0.559. The van der Waals surface area contributed by atoms with Crippen molar-refractivity contribution in [2.75, 3.05) is 5.73 Å². The normalized spacial score (nSPS) is 34.7. The lowest BCUT2D eigenvalue weighted by Crippen LogP contribution is -2.61.